The second-order valence-electron chi connectivity index (χ2n) is 5.45. The third-order valence-corrected chi connectivity index (χ3v) is 4.10. The number of rotatable bonds is 4. The summed E-state index contributed by atoms with van der Waals surface area (Å²) in [5.41, 5.74) is 6.02. The van der Waals surface area contributed by atoms with Gasteiger partial charge in [0.05, 0.1) is 6.10 Å². The molecule has 0 saturated carbocycles. The molecule has 0 bridgehead atoms. The zero-order valence-electron chi connectivity index (χ0n) is 11.9. The second kappa shape index (κ2) is 5.68. The van der Waals surface area contributed by atoms with Gasteiger partial charge in [-0.3, -0.25) is 0 Å². The smallest absolute Gasteiger partial charge is 0.0850 e. The van der Waals surface area contributed by atoms with E-state index in [1.165, 1.54) is 16.7 Å². The van der Waals surface area contributed by atoms with Crippen molar-refractivity contribution < 1.29 is 5.11 Å². The molecule has 2 aromatic rings. The minimum Gasteiger partial charge on any atom is -0.388 e. The van der Waals surface area contributed by atoms with Crippen LogP contribution in [0.3, 0.4) is 0 Å². The third-order valence-electron chi connectivity index (χ3n) is 4.10. The van der Waals surface area contributed by atoms with Crippen molar-refractivity contribution in [2.45, 2.75) is 32.3 Å². The van der Waals surface area contributed by atoms with Gasteiger partial charge < -0.3 is 10.4 Å². The molecule has 0 spiro atoms. The summed E-state index contributed by atoms with van der Waals surface area (Å²) in [5, 5.41) is 13.9. The van der Waals surface area contributed by atoms with Gasteiger partial charge in [-0.2, -0.15) is 0 Å². The molecule has 2 aromatic carbocycles. The standard InChI is InChI=1S/C18H21NO/c1-2-13-6-8-14(9-7-13)12-17(20)16-5-3-4-15-10-11-19-18(15)16/h3-9,17,19-20H,2,10-12H2,1H3. The molecular formula is C18H21NO. The number of benzene rings is 2. The largest absolute Gasteiger partial charge is 0.388 e. The Morgan fingerprint density at radius 2 is 1.85 bits per heavy atom. The minimum absolute atomic E-state index is 0.442. The van der Waals surface area contributed by atoms with E-state index in [1.807, 2.05) is 12.1 Å². The molecule has 1 heterocycles. The summed E-state index contributed by atoms with van der Waals surface area (Å²) in [7, 11) is 0. The predicted octanol–water partition coefficient (Wildman–Crippen LogP) is 3.49. The molecule has 0 aliphatic carbocycles. The average Bonchev–Trinajstić information content (AvgIpc) is 2.96. The molecule has 0 amide bonds. The van der Waals surface area contributed by atoms with Gasteiger partial charge in [-0.25, -0.2) is 0 Å². The molecular weight excluding hydrogens is 246 g/mol. The first-order valence-electron chi connectivity index (χ1n) is 7.39. The Labute approximate surface area is 120 Å². The fourth-order valence-electron chi connectivity index (χ4n) is 2.89. The van der Waals surface area contributed by atoms with Crippen LogP contribution in [0.2, 0.25) is 0 Å². The lowest BCUT2D eigenvalue weighted by Crippen LogP contribution is -2.05. The fourth-order valence-corrected chi connectivity index (χ4v) is 2.89. The van der Waals surface area contributed by atoms with E-state index >= 15 is 0 Å². The van der Waals surface area contributed by atoms with Crippen molar-refractivity contribution in [3.8, 4) is 0 Å². The van der Waals surface area contributed by atoms with Crippen LogP contribution in [0.5, 0.6) is 0 Å². The van der Waals surface area contributed by atoms with E-state index < -0.39 is 6.10 Å². The normalized spacial score (nSPS) is 14.7. The molecule has 104 valence electrons. The molecule has 20 heavy (non-hydrogen) atoms. The average molecular weight is 267 g/mol. The van der Waals surface area contributed by atoms with Gasteiger partial charge in [-0.1, -0.05) is 49.4 Å². The Bertz CT molecular complexity index is 589. The van der Waals surface area contributed by atoms with Gasteiger partial charge in [0.2, 0.25) is 0 Å². The predicted molar refractivity (Wildman–Crippen MR) is 83.1 cm³/mol. The molecule has 1 atom stereocenters. The van der Waals surface area contributed by atoms with Gasteiger partial charge in [0.25, 0.3) is 0 Å². The van der Waals surface area contributed by atoms with Crippen molar-refractivity contribution >= 4 is 5.69 Å². The molecule has 1 aliphatic heterocycles. The van der Waals surface area contributed by atoms with E-state index in [2.05, 4.69) is 42.6 Å². The van der Waals surface area contributed by atoms with E-state index in [0.717, 1.165) is 30.6 Å². The molecule has 0 aromatic heterocycles. The van der Waals surface area contributed by atoms with Crippen molar-refractivity contribution in [1.29, 1.82) is 0 Å². The maximum absolute atomic E-state index is 10.5. The summed E-state index contributed by atoms with van der Waals surface area (Å²) >= 11 is 0. The zero-order valence-corrected chi connectivity index (χ0v) is 11.9. The quantitative estimate of drug-likeness (QED) is 0.888. The van der Waals surface area contributed by atoms with Crippen molar-refractivity contribution in [2.24, 2.45) is 0 Å². The number of fused-ring (bicyclic) bond motifs is 1. The number of nitrogens with one attached hydrogen (secondary N) is 1. The van der Waals surface area contributed by atoms with Crippen LogP contribution < -0.4 is 5.32 Å². The first-order chi connectivity index (χ1) is 9.78. The van der Waals surface area contributed by atoms with Crippen molar-refractivity contribution in [3.05, 3.63) is 64.7 Å². The number of para-hydroxylation sites is 1. The van der Waals surface area contributed by atoms with Crippen LogP contribution in [-0.4, -0.2) is 11.7 Å². The van der Waals surface area contributed by atoms with E-state index in [0.29, 0.717) is 6.42 Å². The lowest BCUT2D eigenvalue weighted by molar-refractivity contribution is 0.179. The number of hydrogen-bond donors (Lipinski definition) is 2. The number of aryl methyl sites for hydroxylation is 1. The third kappa shape index (κ3) is 2.56. The topological polar surface area (TPSA) is 32.3 Å². The van der Waals surface area contributed by atoms with Crippen LogP contribution in [0.4, 0.5) is 5.69 Å². The summed E-state index contributed by atoms with van der Waals surface area (Å²) in [6.45, 7) is 3.13. The number of aliphatic hydroxyl groups excluding tert-OH is 1. The SMILES string of the molecule is CCc1ccc(CC(O)c2cccc3c2NCC3)cc1. The Hall–Kier alpha value is -1.80. The Morgan fingerprint density at radius 3 is 2.60 bits per heavy atom. The molecule has 2 heteroatoms. The molecule has 1 aliphatic rings. The lowest BCUT2D eigenvalue weighted by atomic mass is 9.97. The summed E-state index contributed by atoms with van der Waals surface area (Å²) in [6.07, 6.45) is 2.34. The van der Waals surface area contributed by atoms with Crippen LogP contribution in [0.15, 0.2) is 42.5 Å². The van der Waals surface area contributed by atoms with Crippen molar-refractivity contribution in [1.82, 2.24) is 0 Å². The number of hydrogen-bond acceptors (Lipinski definition) is 2. The Morgan fingerprint density at radius 1 is 1.10 bits per heavy atom. The highest BCUT2D eigenvalue weighted by Gasteiger charge is 2.18. The maximum atomic E-state index is 10.5. The molecule has 0 saturated heterocycles. The molecule has 0 radical (unpaired) electrons. The van der Waals surface area contributed by atoms with Gasteiger partial charge in [0.1, 0.15) is 0 Å². The summed E-state index contributed by atoms with van der Waals surface area (Å²) < 4.78 is 0. The van der Waals surface area contributed by atoms with Crippen LogP contribution in [0, 0.1) is 0 Å². The van der Waals surface area contributed by atoms with E-state index in [4.69, 9.17) is 0 Å². The first-order valence-corrected chi connectivity index (χ1v) is 7.39. The molecule has 2 N–H and O–H groups in total. The zero-order chi connectivity index (χ0) is 13.9. The summed E-state index contributed by atoms with van der Waals surface area (Å²) in [6, 6.07) is 14.8. The van der Waals surface area contributed by atoms with Crippen molar-refractivity contribution in [3.63, 3.8) is 0 Å². The number of anilines is 1. The molecule has 3 rings (SSSR count). The van der Waals surface area contributed by atoms with E-state index in [-0.39, 0.29) is 0 Å². The van der Waals surface area contributed by atoms with Crippen LogP contribution in [0.25, 0.3) is 0 Å². The maximum Gasteiger partial charge on any atom is 0.0850 e. The fraction of sp³-hybridized carbons (Fsp3) is 0.333. The van der Waals surface area contributed by atoms with Crippen LogP contribution >= 0.6 is 0 Å². The second-order valence-corrected chi connectivity index (χ2v) is 5.45. The van der Waals surface area contributed by atoms with Crippen molar-refractivity contribution in [2.75, 3.05) is 11.9 Å². The van der Waals surface area contributed by atoms with Crippen LogP contribution in [-0.2, 0) is 19.3 Å². The van der Waals surface area contributed by atoms with E-state index in [9.17, 15) is 5.11 Å². The monoisotopic (exact) mass is 267 g/mol. The Balaban J connectivity index is 1.79. The number of aliphatic hydroxyl groups is 1. The summed E-state index contributed by atoms with van der Waals surface area (Å²) in [5.74, 6) is 0. The van der Waals surface area contributed by atoms with Gasteiger partial charge in [0.15, 0.2) is 0 Å². The lowest BCUT2D eigenvalue weighted by Gasteiger charge is -2.15. The van der Waals surface area contributed by atoms with E-state index in [1.54, 1.807) is 0 Å². The molecule has 2 nitrogen and oxygen atoms in total. The summed E-state index contributed by atoms with van der Waals surface area (Å²) in [4.78, 5) is 0. The molecule has 0 fully saturated rings. The highest BCUT2D eigenvalue weighted by atomic mass is 16.3. The van der Waals surface area contributed by atoms with Gasteiger partial charge in [-0.05, 0) is 29.5 Å². The highest BCUT2D eigenvalue weighted by molar-refractivity contribution is 5.62. The van der Waals surface area contributed by atoms with Crippen LogP contribution in [0.1, 0.15) is 35.3 Å². The highest BCUT2D eigenvalue weighted by Crippen LogP contribution is 2.32. The minimum atomic E-state index is -0.442. The molecule has 1 unspecified atom stereocenters. The van der Waals surface area contributed by atoms with Gasteiger partial charge >= 0.3 is 0 Å². The van der Waals surface area contributed by atoms with Gasteiger partial charge in [0, 0.05) is 24.2 Å². The first kappa shape index (κ1) is 13.2. The Kier molecular flexibility index (Phi) is 3.75. The van der Waals surface area contributed by atoms with Gasteiger partial charge in [-0.15, -0.1) is 0 Å².